The molecule has 0 N–H and O–H groups in total. The van der Waals surface area contributed by atoms with E-state index in [1.54, 1.807) is 0 Å². The highest BCUT2D eigenvalue weighted by atomic mass is 35.5. The summed E-state index contributed by atoms with van der Waals surface area (Å²) in [5, 5.41) is 0. The van der Waals surface area contributed by atoms with Gasteiger partial charge in [0.25, 0.3) is 0 Å². The van der Waals surface area contributed by atoms with Crippen molar-refractivity contribution in [2.24, 2.45) is 0 Å². The monoisotopic (exact) mass is 353 g/mol. The van der Waals surface area contributed by atoms with Crippen LogP contribution in [0.5, 0.6) is 0 Å². The van der Waals surface area contributed by atoms with E-state index >= 15 is 0 Å². The van der Waals surface area contributed by atoms with Crippen molar-refractivity contribution in [1.82, 2.24) is 4.90 Å². The third kappa shape index (κ3) is 5.49. The Morgan fingerprint density at radius 2 is 1.96 bits per heavy atom. The fourth-order valence-electron chi connectivity index (χ4n) is 3.04. The van der Waals surface area contributed by atoms with Gasteiger partial charge in [0.15, 0.2) is 0 Å². The molecule has 6 heteroatoms. The first-order chi connectivity index (χ1) is 11.3. The lowest BCUT2D eigenvalue weighted by atomic mass is 10.00. The number of likely N-dealkylation sites (tertiary alicyclic amines) is 1. The van der Waals surface area contributed by atoms with Crippen molar-refractivity contribution in [2.75, 3.05) is 13.1 Å². The largest absolute Gasteiger partial charge is 0.459 e. The van der Waals surface area contributed by atoms with E-state index in [1.165, 1.54) is 0 Å². The summed E-state index contributed by atoms with van der Waals surface area (Å²) >= 11 is 5.47. The van der Waals surface area contributed by atoms with E-state index in [0.717, 1.165) is 24.9 Å². The molecule has 1 aromatic carbocycles. The van der Waals surface area contributed by atoms with Crippen molar-refractivity contribution in [3.8, 4) is 0 Å². The molecule has 1 saturated heterocycles. The lowest BCUT2D eigenvalue weighted by molar-refractivity contribution is -0.156. The highest BCUT2D eigenvalue weighted by molar-refractivity contribution is 6.61. The van der Waals surface area contributed by atoms with Gasteiger partial charge < -0.3 is 9.47 Å². The van der Waals surface area contributed by atoms with Crippen molar-refractivity contribution in [2.45, 2.75) is 51.4 Å². The zero-order valence-electron chi connectivity index (χ0n) is 14.3. The van der Waals surface area contributed by atoms with E-state index < -0.39 is 17.1 Å². The van der Waals surface area contributed by atoms with Gasteiger partial charge in [-0.15, -0.1) is 0 Å². The lowest BCUT2D eigenvalue weighted by Crippen LogP contribution is -2.41. The minimum absolute atomic E-state index is 0.0948. The Morgan fingerprint density at radius 1 is 1.29 bits per heavy atom. The van der Waals surface area contributed by atoms with Crippen LogP contribution in [-0.4, -0.2) is 41.0 Å². The molecule has 0 aliphatic carbocycles. The van der Waals surface area contributed by atoms with Crippen LogP contribution in [0.4, 0.5) is 4.79 Å². The summed E-state index contributed by atoms with van der Waals surface area (Å²) in [6, 6.07) is 9.37. The van der Waals surface area contributed by atoms with Crippen LogP contribution < -0.4 is 0 Å². The van der Waals surface area contributed by atoms with Gasteiger partial charge in [-0.2, -0.15) is 0 Å². The number of rotatable bonds is 5. The average molecular weight is 354 g/mol. The zero-order valence-corrected chi connectivity index (χ0v) is 15.1. The molecule has 1 heterocycles. The third-order valence-electron chi connectivity index (χ3n) is 3.86. The lowest BCUT2D eigenvalue weighted by Gasteiger charge is -2.31. The van der Waals surface area contributed by atoms with E-state index in [0.29, 0.717) is 0 Å². The van der Waals surface area contributed by atoms with Crippen molar-refractivity contribution in [3.05, 3.63) is 35.9 Å². The molecule has 5 nitrogen and oxygen atoms in total. The van der Waals surface area contributed by atoms with E-state index in [-0.39, 0.29) is 18.6 Å². The molecule has 2 atom stereocenters. The number of ether oxygens (including phenoxy) is 2. The summed E-state index contributed by atoms with van der Waals surface area (Å²) < 4.78 is 10.8. The number of halogens is 1. The van der Waals surface area contributed by atoms with Gasteiger partial charge in [0.2, 0.25) is 0 Å². The summed E-state index contributed by atoms with van der Waals surface area (Å²) in [5.74, 6) is -0.279. The molecule has 0 bridgehead atoms. The maximum Gasteiger partial charge on any atom is 0.404 e. The topological polar surface area (TPSA) is 55.8 Å². The molecule has 1 aromatic rings. The van der Waals surface area contributed by atoms with Gasteiger partial charge in [-0.25, -0.2) is 4.79 Å². The standard InChI is InChI=1S/C18H24ClNO4/c1-18(2,3)24-15(21)12-20-11-7-10-14(20)16(23-17(19)22)13-8-5-4-6-9-13/h4-6,8-9,14,16H,7,10-12H2,1-3H3. The Hall–Kier alpha value is -1.59. The number of benzene rings is 1. The Bertz CT molecular complexity index is 570. The number of carbonyl (C=O) groups is 2. The first kappa shape index (κ1) is 18.7. The molecule has 0 amide bonds. The molecule has 1 aliphatic heterocycles. The SMILES string of the molecule is CC(C)(C)OC(=O)CN1CCCC1C(OC(=O)Cl)c1ccccc1. The van der Waals surface area contributed by atoms with E-state index in [2.05, 4.69) is 0 Å². The normalized spacial score (nSPS) is 19.8. The number of nitrogens with zero attached hydrogens (tertiary/aromatic N) is 1. The second-order valence-corrected chi connectivity index (χ2v) is 7.26. The number of hydrogen-bond acceptors (Lipinski definition) is 5. The van der Waals surface area contributed by atoms with E-state index in [9.17, 15) is 9.59 Å². The van der Waals surface area contributed by atoms with Gasteiger partial charge in [-0.3, -0.25) is 9.69 Å². The summed E-state index contributed by atoms with van der Waals surface area (Å²) in [6.07, 6.45) is 1.25. The molecule has 0 radical (unpaired) electrons. The quantitative estimate of drug-likeness (QED) is 0.593. The van der Waals surface area contributed by atoms with E-state index in [4.69, 9.17) is 21.1 Å². The summed E-state index contributed by atoms with van der Waals surface area (Å²) in [7, 11) is 0. The molecule has 0 aromatic heterocycles. The highest BCUT2D eigenvalue weighted by Gasteiger charge is 2.36. The number of carbonyl (C=O) groups excluding carboxylic acids is 2. The van der Waals surface area contributed by atoms with Gasteiger partial charge in [-0.1, -0.05) is 30.3 Å². The third-order valence-corrected chi connectivity index (χ3v) is 3.95. The Morgan fingerprint density at radius 3 is 2.54 bits per heavy atom. The summed E-state index contributed by atoms with van der Waals surface area (Å²) in [4.78, 5) is 25.5. The van der Waals surface area contributed by atoms with Crippen molar-refractivity contribution >= 4 is 23.0 Å². The van der Waals surface area contributed by atoms with Gasteiger partial charge in [0.1, 0.15) is 11.7 Å². The maximum absolute atomic E-state index is 12.1. The van der Waals surface area contributed by atoms with Crippen LogP contribution >= 0.6 is 11.6 Å². The fourth-order valence-corrected chi connectivity index (χ4v) is 3.14. The first-order valence-electron chi connectivity index (χ1n) is 8.13. The predicted molar refractivity (Wildman–Crippen MR) is 92.0 cm³/mol. The van der Waals surface area contributed by atoms with Crippen molar-refractivity contribution in [3.63, 3.8) is 0 Å². The Kier molecular flexibility index (Phi) is 6.24. The minimum atomic E-state index is -0.840. The van der Waals surface area contributed by atoms with Gasteiger partial charge in [-0.05, 0) is 45.7 Å². The van der Waals surface area contributed by atoms with Crippen LogP contribution in [0.1, 0.15) is 45.3 Å². The summed E-state index contributed by atoms with van der Waals surface area (Å²) in [6.45, 7) is 6.45. The number of esters is 1. The highest BCUT2D eigenvalue weighted by Crippen LogP contribution is 2.32. The van der Waals surface area contributed by atoms with Crippen LogP contribution in [0.3, 0.4) is 0 Å². The van der Waals surface area contributed by atoms with Crippen LogP contribution in [0.15, 0.2) is 30.3 Å². The molecule has 132 valence electrons. The van der Waals surface area contributed by atoms with Crippen molar-refractivity contribution < 1.29 is 19.1 Å². The molecule has 0 saturated carbocycles. The Labute approximate surface area is 147 Å². The maximum atomic E-state index is 12.1. The molecule has 1 aliphatic rings. The molecular formula is C18H24ClNO4. The second kappa shape index (κ2) is 7.99. The van der Waals surface area contributed by atoms with Crippen LogP contribution in [0, 0.1) is 0 Å². The van der Waals surface area contributed by atoms with Crippen LogP contribution in [0.25, 0.3) is 0 Å². The molecular weight excluding hydrogens is 330 g/mol. The van der Waals surface area contributed by atoms with Crippen molar-refractivity contribution in [1.29, 1.82) is 0 Å². The van der Waals surface area contributed by atoms with Gasteiger partial charge in [0.05, 0.1) is 12.6 Å². The molecule has 24 heavy (non-hydrogen) atoms. The fraction of sp³-hybridized carbons (Fsp3) is 0.556. The predicted octanol–water partition coefficient (Wildman–Crippen LogP) is 3.91. The van der Waals surface area contributed by atoms with E-state index in [1.807, 2.05) is 56.0 Å². The smallest absolute Gasteiger partial charge is 0.404 e. The molecule has 1 fully saturated rings. The van der Waals surface area contributed by atoms with Crippen LogP contribution in [-0.2, 0) is 14.3 Å². The van der Waals surface area contributed by atoms with Crippen LogP contribution in [0.2, 0.25) is 0 Å². The molecule has 2 rings (SSSR count). The zero-order chi connectivity index (χ0) is 17.7. The molecule has 2 unspecified atom stereocenters. The summed E-state index contributed by atoms with van der Waals surface area (Å²) in [5.41, 5.74) is -0.492. The minimum Gasteiger partial charge on any atom is -0.459 e. The average Bonchev–Trinajstić information content (AvgIpc) is 2.91. The van der Waals surface area contributed by atoms with Gasteiger partial charge >= 0.3 is 11.4 Å². The number of hydrogen-bond donors (Lipinski definition) is 0. The second-order valence-electron chi connectivity index (χ2n) is 6.95. The first-order valence-corrected chi connectivity index (χ1v) is 8.51. The van der Waals surface area contributed by atoms with Gasteiger partial charge in [0, 0.05) is 11.6 Å². The Balaban J connectivity index is 2.13. The molecule has 0 spiro atoms.